The Kier molecular flexibility index (Phi) is 3.81. The molecule has 0 saturated carbocycles. The van der Waals surface area contributed by atoms with Crippen molar-refractivity contribution in [3.63, 3.8) is 0 Å². The van der Waals surface area contributed by atoms with Gasteiger partial charge in [0, 0.05) is 6.04 Å². The lowest BCUT2D eigenvalue weighted by atomic mass is 9.88. The molecule has 2 rings (SSSR count). The van der Waals surface area contributed by atoms with E-state index in [1.807, 2.05) is 6.07 Å². The molecule has 3 N–H and O–H groups in total. The standard InChI is InChI=1S/C10H12ClNO.BrH/c11-10-8-3-2-7(12)5-6(8)1-4-9(10)13;/h1,4,7,13H,2-3,5,12H2;1H. The van der Waals surface area contributed by atoms with E-state index < -0.39 is 0 Å². The van der Waals surface area contributed by atoms with E-state index in [-0.39, 0.29) is 28.8 Å². The van der Waals surface area contributed by atoms with Gasteiger partial charge in [-0.3, -0.25) is 0 Å². The average molecular weight is 279 g/mol. The number of halogens is 2. The highest BCUT2D eigenvalue weighted by Gasteiger charge is 2.18. The summed E-state index contributed by atoms with van der Waals surface area (Å²) in [7, 11) is 0. The second kappa shape index (κ2) is 4.51. The molecule has 0 fully saturated rings. The molecule has 0 aliphatic heterocycles. The summed E-state index contributed by atoms with van der Waals surface area (Å²) in [5.41, 5.74) is 8.09. The van der Waals surface area contributed by atoms with E-state index in [4.69, 9.17) is 17.3 Å². The minimum atomic E-state index is 0. The summed E-state index contributed by atoms with van der Waals surface area (Å²) in [6.45, 7) is 0. The van der Waals surface area contributed by atoms with E-state index in [2.05, 4.69) is 0 Å². The summed E-state index contributed by atoms with van der Waals surface area (Å²) in [6, 6.07) is 3.79. The Morgan fingerprint density at radius 3 is 2.86 bits per heavy atom. The predicted octanol–water partition coefficient (Wildman–Crippen LogP) is 2.44. The van der Waals surface area contributed by atoms with E-state index in [1.54, 1.807) is 6.07 Å². The second-order valence-electron chi connectivity index (χ2n) is 3.54. The summed E-state index contributed by atoms with van der Waals surface area (Å²) < 4.78 is 0. The number of aromatic hydroxyl groups is 1. The fourth-order valence-corrected chi connectivity index (χ4v) is 2.10. The zero-order valence-electron chi connectivity index (χ0n) is 7.66. The molecule has 0 bridgehead atoms. The summed E-state index contributed by atoms with van der Waals surface area (Å²) in [4.78, 5) is 0. The molecule has 14 heavy (non-hydrogen) atoms. The molecule has 78 valence electrons. The third-order valence-electron chi connectivity index (χ3n) is 2.57. The molecule has 2 nitrogen and oxygen atoms in total. The van der Waals surface area contributed by atoms with Gasteiger partial charge in [0.05, 0.1) is 5.02 Å². The molecule has 0 radical (unpaired) electrons. The van der Waals surface area contributed by atoms with Crippen LogP contribution in [-0.4, -0.2) is 11.1 Å². The number of benzene rings is 1. The number of nitrogens with two attached hydrogens (primary N) is 1. The summed E-state index contributed by atoms with van der Waals surface area (Å²) in [5, 5.41) is 9.88. The average Bonchev–Trinajstić information content (AvgIpc) is 2.12. The van der Waals surface area contributed by atoms with Crippen LogP contribution < -0.4 is 5.73 Å². The number of phenols is 1. The fraction of sp³-hybridized carbons (Fsp3) is 0.400. The second-order valence-corrected chi connectivity index (χ2v) is 3.92. The van der Waals surface area contributed by atoms with Crippen LogP contribution in [0.1, 0.15) is 17.5 Å². The van der Waals surface area contributed by atoms with Gasteiger partial charge >= 0.3 is 0 Å². The van der Waals surface area contributed by atoms with Gasteiger partial charge in [-0.2, -0.15) is 0 Å². The molecule has 0 amide bonds. The zero-order valence-corrected chi connectivity index (χ0v) is 10.1. The third kappa shape index (κ3) is 2.05. The monoisotopic (exact) mass is 277 g/mol. The number of hydrogen-bond donors (Lipinski definition) is 2. The smallest absolute Gasteiger partial charge is 0.134 e. The highest BCUT2D eigenvalue weighted by atomic mass is 79.9. The topological polar surface area (TPSA) is 46.2 Å². The van der Waals surface area contributed by atoms with Crippen molar-refractivity contribution in [1.29, 1.82) is 0 Å². The van der Waals surface area contributed by atoms with Crippen molar-refractivity contribution in [2.75, 3.05) is 0 Å². The number of rotatable bonds is 0. The summed E-state index contributed by atoms with van der Waals surface area (Å²) in [5.74, 6) is 0.177. The van der Waals surface area contributed by atoms with E-state index in [0.717, 1.165) is 24.8 Å². The van der Waals surface area contributed by atoms with Gasteiger partial charge < -0.3 is 10.8 Å². The highest BCUT2D eigenvalue weighted by molar-refractivity contribution is 8.93. The SMILES string of the molecule is Br.NC1CCc2c(ccc(O)c2Cl)C1. The van der Waals surface area contributed by atoms with Crippen LogP contribution in [0.15, 0.2) is 12.1 Å². The Bertz CT molecular complexity index is 343. The van der Waals surface area contributed by atoms with Crippen LogP contribution >= 0.6 is 28.6 Å². The minimum absolute atomic E-state index is 0. The lowest BCUT2D eigenvalue weighted by Gasteiger charge is -2.22. The maximum Gasteiger partial charge on any atom is 0.134 e. The van der Waals surface area contributed by atoms with Crippen molar-refractivity contribution in [3.05, 3.63) is 28.3 Å². The molecule has 0 spiro atoms. The van der Waals surface area contributed by atoms with Crippen LogP contribution in [0, 0.1) is 0 Å². The Hall–Kier alpha value is -0.250. The zero-order chi connectivity index (χ0) is 9.42. The Labute approximate surface area is 98.8 Å². The molecule has 1 aliphatic carbocycles. The van der Waals surface area contributed by atoms with Gasteiger partial charge in [-0.1, -0.05) is 17.7 Å². The maximum atomic E-state index is 9.38. The van der Waals surface area contributed by atoms with Crippen molar-refractivity contribution in [3.8, 4) is 5.75 Å². The van der Waals surface area contributed by atoms with Crippen molar-refractivity contribution >= 4 is 28.6 Å². The predicted molar refractivity (Wildman–Crippen MR) is 63.4 cm³/mol. The molecule has 0 saturated heterocycles. The van der Waals surface area contributed by atoms with Crippen molar-refractivity contribution in [2.45, 2.75) is 25.3 Å². The molecule has 0 aromatic heterocycles. The van der Waals surface area contributed by atoms with Gasteiger partial charge in [-0.05, 0) is 36.5 Å². The molecule has 1 unspecified atom stereocenters. The van der Waals surface area contributed by atoms with Crippen molar-refractivity contribution in [2.24, 2.45) is 5.73 Å². The van der Waals surface area contributed by atoms with Gasteiger partial charge in [0.2, 0.25) is 0 Å². The quantitative estimate of drug-likeness (QED) is 0.766. The first-order valence-electron chi connectivity index (χ1n) is 4.43. The van der Waals surface area contributed by atoms with Gasteiger partial charge in [-0.15, -0.1) is 17.0 Å². The van der Waals surface area contributed by atoms with Gasteiger partial charge in [0.1, 0.15) is 5.75 Å². The van der Waals surface area contributed by atoms with E-state index in [0.29, 0.717) is 5.02 Å². The number of fused-ring (bicyclic) bond motifs is 1. The first-order chi connectivity index (χ1) is 6.18. The molecule has 1 aromatic rings. The first kappa shape index (κ1) is 11.8. The highest BCUT2D eigenvalue weighted by Crippen LogP contribution is 2.33. The summed E-state index contributed by atoms with van der Waals surface area (Å²) >= 11 is 5.97. The van der Waals surface area contributed by atoms with Gasteiger partial charge in [-0.25, -0.2) is 0 Å². The van der Waals surface area contributed by atoms with E-state index >= 15 is 0 Å². The van der Waals surface area contributed by atoms with Crippen LogP contribution in [0.25, 0.3) is 0 Å². The number of phenolic OH excluding ortho intramolecular Hbond substituents is 1. The van der Waals surface area contributed by atoms with E-state index in [9.17, 15) is 5.11 Å². The Balaban J connectivity index is 0.000000980. The maximum absolute atomic E-state index is 9.38. The van der Waals surface area contributed by atoms with Crippen molar-refractivity contribution in [1.82, 2.24) is 0 Å². The largest absolute Gasteiger partial charge is 0.506 e. The molecule has 0 heterocycles. The van der Waals surface area contributed by atoms with Crippen molar-refractivity contribution < 1.29 is 5.11 Å². The van der Waals surface area contributed by atoms with E-state index in [1.165, 1.54) is 5.56 Å². The molecular weight excluding hydrogens is 265 g/mol. The normalized spacial score (nSPS) is 19.7. The van der Waals surface area contributed by atoms with Gasteiger partial charge in [0.25, 0.3) is 0 Å². The molecule has 1 aromatic carbocycles. The lowest BCUT2D eigenvalue weighted by molar-refractivity contribution is 0.472. The van der Waals surface area contributed by atoms with Gasteiger partial charge in [0.15, 0.2) is 0 Å². The Morgan fingerprint density at radius 2 is 2.14 bits per heavy atom. The van der Waals surface area contributed by atoms with Crippen LogP contribution in [0.2, 0.25) is 5.02 Å². The molecule has 1 atom stereocenters. The lowest BCUT2D eigenvalue weighted by Crippen LogP contribution is -2.27. The summed E-state index contributed by atoms with van der Waals surface area (Å²) in [6.07, 6.45) is 2.70. The number of hydrogen-bond acceptors (Lipinski definition) is 2. The van der Waals surface area contributed by atoms with Crippen LogP contribution in [-0.2, 0) is 12.8 Å². The minimum Gasteiger partial charge on any atom is -0.506 e. The fourth-order valence-electron chi connectivity index (χ4n) is 1.82. The third-order valence-corrected chi connectivity index (χ3v) is 2.99. The van der Waals surface area contributed by atoms with Crippen LogP contribution in [0.5, 0.6) is 5.75 Å². The molecule has 1 aliphatic rings. The van der Waals surface area contributed by atoms with Crippen LogP contribution in [0.4, 0.5) is 0 Å². The first-order valence-corrected chi connectivity index (χ1v) is 4.81. The van der Waals surface area contributed by atoms with Crippen LogP contribution in [0.3, 0.4) is 0 Å². The molecular formula is C10H13BrClNO. The molecule has 4 heteroatoms. The Morgan fingerprint density at radius 1 is 1.43 bits per heavy atom.